The molecule has 1 atom stereocenters. The van der Waals surface area contributed by atoms with E-state index in [0.717, 1.165) is 33.1 Å². The fourth-order valence-electron chi connectivity index (χ4n) is 1.19. The van der Waals surface area contributed by atoms with Gasteiger partial charge in [-0.1, -0.05) is 0 Å². The van der Waals surface area contributed by atoms with E-state index >= 15 is 0 Å². The van der Waals surface area contributed by atoms with Gasteiger partial charge in [0.1, 0.15) is 15.3 Å². The Hall–Kier alpha value is 0.350. The SMILES string of the molecule is Brc1cc(Br)nc(C2CSCCO2)n1. The van der Waals surface area contributed by atoms with E-state index in [1.807, 2.05) is 17.8 Å². The summed E-state index contributed by atoms with van der Waals surface area (Å²) in [5.74, 6) is 2.74. The number of halogens is 2. The van der Waals surface area contributed by atoms with Gasteiger partial charge >= 0.3 is 0 Å². The second kappa shape index (κ2) is 4.92. The number of thioether (sulfide) groups is 1. The Labute approximate surface area is 103 Å². The molecule has 2 heterocycles. The number of aromatic nitrogens is 2. The minimum atomic E-state index is 0.0301. The maximum atomic E-state index is 5.59. The molecule has 1 unspecified atom stereocenters. The van der Waals surface area contributed by atoms with Crippen LogP contribution in [0.5, 0.6) is 0 Å². The van der Waals surface area contributed by atoms with Crippen molar-refractivity contribution in [2.24, 2.45) is 0 Å². The molecule has 1 saturated heterocycles. The molecule has 0 aromatic carbocycles. The predicted octanol–water partition coefficient (Wildman–Crippen LogP) is 2.81. The van der Waals surface area contributed by atoms with Crippen LogP contribution in [0.1, 0.15) is 11.9 Å². The number of hydrogen-bond acceptors (Lipinski definition) is 4. The van der Waals surface area contributed by atoms with Crippen LogP contribution in [0.25, 0.3) is 0 Å². The molecule has 0 radical (unpaired) electrons. The molecule has 1 aromatic heterocycles. The molecule has 0 saturated carbocycles. The first kappa shape index (κ1) is 10.9. The molecular weight excluding hydrogens is 332 g/mol. The van der Waals surface area contributed by atoms with Crippen molar-refractivity contribution >= 4 is 43.6 Å². The number of hydrogen-bond donors (Lipinski definition) is 0. The molecule has 1 aliphatic rings. The second-order valence-electron chi connectivity index (χ2n) is 2.81. The van der Waals surface area contributed by atoms with E-state index in [0.29, 0.717) is 0 Å². The second-order valence-corrected chi connectivity index (χ2v) is 5.58. The van der Waals surface area contributed by atoms with Crippen LogP contribution in [-0.2, 0) is 4.74 Å². The van der Waals surface area contributed by atoms with Gasteiger partial charge in [0.15, 0.2) is 5.82 Å². The molecule has 0 bridgehead atoms. The van der Waals surface area contributed by atoms with Crippen molar-refractivity contribution < 1.29 is 4.74 Å². The summed E-state index contributed by atoms with van der Waals surface area (Å²) in [6.45, 7) is 0.781. The molecule has 76 valence electrons. The lowest BCUT2D eigenvalue weighted by Gasteiger charge is -2.20. The zero-order valence-corrected chi connectivity index (χ0v) is 11.2. The highest BCUT2D eigenvalue weighted by molar-refractivity contribution is 9.11. The quantitative estimate of drug-likeness (QED) is 0.737. The van der Waals surface area contributed by atoms with Gasteiger partial charge in [0.05, 0.1) is 6.61 Å². The third kappa shape index (κ3) is 2.68. The van der Waals surface area contributed by atoms with Crippen molar-refractivity contribution in [3.8, 4) is 0 Å². The Morgan fingerprint density at radius 2 is 2.07 bits per heavy atom. The minimum absolute atomic E-state index is 0.0301. The summed E-state index contributed by atoms with van der Waals surface area (Å²) in [7, 11) is 0. The van der Waals surface area contributed by atoms with Crippen molar-refractivity contribution in [3.05, 3.63) is 21.1 Å². The van der Waals surface area contributed by atoms with Crippen LogP contribution in [0.15, 0.2) is 15.3 Å². The van der Waals surface area contributed by atoms with Gasteiger partial charge in [0.25, 0.3) is 0 Å². The van der Waals surface area contributed by atoms with E-state index in [-0.39, 0.29) is 6.10 Å². The number of ether oxygens (including phenoxy) is 1. The van der Waals surface area contributed by atoms with Crippen LogP contribution in [0.2, 0.25) is 0 Å². The van der Waals surface area contributed by atoms with Gasteiger partial charge in [0.2, 0.25) is 0 Å². The van der Waals surface area contributed by atoms with Crippen LogP contribution >= 0.6 is 43.6 Å². The Balaban J connectivity index is 2.21. The molecule has 3 nitrogen and oxygen atoms in total. The van der Waals surface area contributed by atoms with Gasteiger partial charge in [-0.25, -0.2) is 9.97 Å². The first-order valence-corrected chi connectivity index (χ1v) is 6.89. The summed E-state index contributed by atoms with van der Waals surface area (Å²) in [6, 6.07) is 1.82. The lowest BCUT2D eigenvalue weighted by molar-refractivity contribution is 0.0691. The van der Waals surface area contributed by atoms with Crippen LogP contribution in [0.3, 0.4) is 0 Å². The molecule has 1 aromatic rings. The first-order valence-electron chi connectivity index (χ1n) is 4.15. The Kier molecular flexibility index (Phi) is 3.81. The average molecular weight is 340 g/mol. The van der Waals surface area contributed by atoms with E-state index in [4.69, 9.17) is 4.74 Å². The smallest absolute Gasteiger partial charge is 0.160 e. The standard InChI is InChI=1S/C8H8Br2N2OS/c9-6-3-7(10)12-8(11-6)5-4-14-2-1-13-5/h3,5H,1-2,4H2. The third-order valence-electron chi connectivity index (χ3n) is 1.78. The summed E-state index contributed by atoms with van der Waals surface area (Å²) in [5, 5.41) is 0. The minimum Gasteiger partial charge on any atom is -0.368 e. The summed E-state index contributed by atoms with van der Waals surface area (Å²) in [5.41, 5.74) is 0. The van der Waals surface area contributed by atoms with Gasteiger partial charge < -0.3 is 4.74 Å². The van der Waals surface area contributed by atoms with Crippen LogP contribution in [0, 0.1) is 0 Å². The summed E-state index contributed by atoms with van der Waals surface area (Å²) in [6.07, 6.45) is 0.0301. The summed E-state index contributed by atoms with van der Waals surface area (Å²) in [4.78, 5) is 8.59. The highest BCUT2D eigenvalue weighted by Crippen LogP contribution is 2.26. The summed E-state index contributed by atoms with van der Waals surface area (Å²) < 4.78 is 7.16. The van der Waals surface area contributed by atoms with Crippen molar-refractivity contribution in [1.29, 1.82) is 0 Å². The molecule has 1 aliphatic heterocycles. The number of rotatable bonds is 1. The van der Waals surface area contributed by atoms with E-state index in [1.165, 1.54) is 0 Å². The largest absolute Gasteiger partial charge is 0.368 e. The maximum absolute atomic E-state index is 5.59. The Morgan fingerprint density at radius 1 is 1.36 bits per heavy atom. The molecule has 0 amide bonds. The zero-order valence-electron chi connectivity index (χ0n) is 7.24. The normalized spacial score (nSPS) is 22.3. The van der Waals surface area contributed by atoms with Crippen LogP contribution in [0.4, 0.5) is 0 Å². The molecule has 0 aliphatic carbocycles. The van der Waals surface area contributed by atoms with E-state index < -0.39 is 0 Å². The maximum Gasteiger partial charge on any atom is 0.160 e. The molecule has 2 rings (SSSR count). The first-order chi connectivity index (χ1) is 6.75. The lowest BCUT2D eigenvalue weighted by Crippen LogP contribution is -2.18. The van der Waals surface area contributed by atoms with Gasteiger partial charge in [-0.3, -0.25) is 0 Å². The Morgan fingerprint density at radius 3 is 2.64 bits per heavy atom. The molecule has 0 N–H and O–H groups in total. The van der Waals surface area contributed by atoms with Crippen molar-refractivity contribution in [1.82, 2.24) is 9.97 Å². The van der Waals surface area contributed by atoms with Crippen molar-refractivity contribution in [3.63, 3.8) is 0 Å². The number of nitrogens with zero attached hydrogens (tertiary/aromatic N) is 2. The lowest BCUT2D eigenvalue weighted by atomic mass is 10.3. The fraction of sp³-hybridized carbons (Fsp3) is 0.500. The van der Waals surface area contributed by atoms with Crippen molar-refractivity contribution in [2.75, 3.05) is 18.1 Å². The summed E-state index contributed by atoms with van der Waals surface area (Å²) >= 11 is 8.55. The van der Waals surface area contributed by atoms with Gasteiger partial charge in [-0.2, -0.15) is 11.8 Å². The molecular formula is C8H8Br2N2OS. The van der Waals surface area contributed by atoms with Crippen LogP contribution in [-0.4, -0.2) is 28.1 Å². The monoisotopic (exact) mass is 338 g/mol. The van der Waals surface area contributed by atoms with E-state index in [9.17, 15) is 0 Å². The highest BCUT2D eigenvalue weighted by atomic mass is 79.9. The average Bonchev–Trinajstić information content (AvgIpc) is 2.18. The predicted molar refractivity (Wildman–Crippen MR) is 63.5 cm³/mol. The Bertz CT molecular complexity index is 311. The van der Waals surface area contributed by atoms with Crippen LogP contribution < -0.4 is 0 Å². The van der Waals surface area contributed by atoms with Crippen molar-refractivity contribution in [2.45, 2.75) is 6.10 Å². The van der Waals surface area contributed by atoms with Gasteiger partial charge in [-0.05, 0) is 31.9 Å². The van der Waals surface area contributed by atoms with E-state index in [1.54, 1.807) is 0 Å². The van der Waals surface area contributed by atoms with Gasteiger partial charge in [-0.15, -0.1) is 0 Å². The van der Waals surface area contributed by atoms with Gasteiger partial charge in [0, 0.05) is 17.6 Å². The third-order valence-corrected chi connectivity index (χ3v) is 3.59. The zero-order chi connectivity index (χ0) is 9.97. The fourth-order valence-corrected chi connectivity index (χ4v) is 3.13. The highest BCUT2D eigenvalue weighted by Gasteiger charge is 2.19. The topological polar surface area (TPSA) is 35.0 Å². The molecule has 14 heavy (non-hydrogen) atoms. The molecule has 1 fully saturated rings. The molecule has 6 heteroatoms. The van der Waals surface area contributed by atoms with E-state index in [2.05, 4.69) is 41.8 Å². The molecule has 0 spiro atoms.